The summed E-state index contributed by atoms with van der Waals surface area (Å²) in [6, 6.07) is 13.8. The molecule has 1 aromatic carbocycles. The number of aryl methyl sites for hydroxylation is 1. The highest BCUT2D eigenvalue weighted by Crippen LogP contribution is 2.19. The Kier molecular flexibility index (Phi) is 8.68. The summed E-state index contributed by atoms with van der Waals surface area (Å²) in [5.74, 6) is 2.80. The number of hydrogen-bond donors (Lipinski definition) is 2. The standard InChI is InChI=1S/C22H26ClN7O.HI/c1-15-4-3-5-19(26-15)30-12-10-18(11-13-30)27-22(24-2)25-14-20-28-21(29-31-20)16-6-8-17(23)9-7-16;/h3-9,18H,10-14H2,1-2H3,(H2,24,25,27);1H. The number of anilines is 1. The maximum absolute atomic E-state index is 5.93. The molecule has 1 fully saturated rings. The van der Waals surface area contributed by atoms with Crippen LogP contribution in [0.4, 0.5) is 5.82 Å². The molecule has 0 aliphatic carbocycles. The minimum atomic E-state index is 0. The van der Waals surface area contributed by atoms with E-state index >= 15 is 0 Å². The highest BCUT2D eigenvalue weighted by molar-refractivity contribution is 14.0. The van der Waals surface area contributed by atoms with Gasteiger partial charge in [0.05, 0.1) is 6.54 Å². The van der Waals surface area contributed by atoms with Crippen molar-refractivity contribution in [3.8, 4) is 11.4 Å². The van der Waals surface area contributed by atoms with Crippen molar-refractivity contribution in [3.05, 3.63) is 59.1 Å². The molecule has 2 aromatic heterocycles. The second kappa shape index (κ2) is 11.5. The maximum Gasteiger partial charge on any atom is 0.246 e. The van der Waals surface area contributed by atoms with Gasteiger partial charge < -0.3 is 20.1 Å². The second-order valence-electron chi connectivity index (χ2n) is 7.49. The second-order valence-corrected chi connectivity index (χ2v) is 7.92. The van der Waals surface area contributed by atoms with Crippen LogP contribution in [0.2, 0.25) is 5.02 Å². The Balaban J connectivity index is 0.00000289. The van der Waals surface area contributed by atoms with Crippen LogP contribution in [0.5, 0.6) is 0 Å². The SMILES string of the molecule is CN=C(NCc1nc(-c2ccc(Cl)cc2)no1)NC1CCN(c2cccc(C)n2)CC1.I. The Bertz CT molecular complexity index is 1030. The Morgan fingerprint density at radius 2 is 1.91 bits per heavy atom. The maximum atomic E-state index is 5.93. The molecule has 0 amide bonds. The number of rotatable bonds is 5. The highest BCUT2D eigenvalue weighted by Gasteiger charge is 2.21. The van der Waals surface area contributed by atoms with Gasteiger partial charge in [-0.2, -0.15) is 4.98 Å². The van der Waals surface area contributed by atoms with Gasteiger partial charge >= 0.3 is 0 Å². The molecule has 32 heavy (non-hydrogen) atoms. The lowest BCUT2D eigenvalue weighted by molar-refractivity contribution is 0.374. The molecule has 1 saturated heterocycles. The van der Waals surface area contributed by atoms with Crippen molar-refractivity contribution >= 4 is 47.4 Å². The van der Waals surface area contributed by atoms with Crippen LogP contribution in [-0.4, -0.2) is 47.3 Å². The first-order valence-electron chi connectivity index (χ1n) is 10.3. The summed E-state index contributed by atoms with van der Waals surface area (Å²) in [6.07, 6.45) is 2.02. The molecule has 0 bridgehead atoms. The van der Waals surface area contributed by atoms with Crippen LogP contribution >= 0.6 is 35.6 Å². The van der Waals surface area contributed by atoms with E-state index in [2.05, 4.69) is 47.8 Å². The van der Waals surface area contributed by atoms with Crippen molar-refractivity contribution < 1.29 is 4.52 Å². The van der Waals surface area contributed by atoms with Crippen molar-refractivity contribution in [2.45, 2.75) is 32.4 Å². The lowest BCUT2D eigenvalue weighted by Crippen LogP contribution is -2.48. The van der Waals surface area contributed by atoms with E-state index in [-0.39, 0.29) is 24.0 Å². The molecule has 3 heterocycles. The Morgan fingerprint density at radius 3 is 2.59 bits per heavy atom. The van der Waals surface area contributed by atoms with Gasteiger partial charge in [0, 0.05) is 42.5 Å². The van der Waals surface area contributed by atoms with Crippen LogP contribution in [0.1, 0.15) is 24.4 Å². The van der Waals surface area contributed by atoms with E-state index in [4.69, 9.17) is 16.1 Å². The third-order valence-electron chi connectivity index (χ3n) is 5.23. The number of pyridine rings is 1. The van der Waals surface area contributed by atoms with E-state index < -0.39 is 0 Å². The topological polar surface area (TPSA) is 91.5 Å². The molecule has 1 aliphatic heterocycles. The fraction of sp³-hybridized carbons (Fsp3) is 0.364. The minimum Gasteiger partial charge on any atom is -0.356 e. The fourth-order valence-corrected chi connectivity index (χ4v) is 3.67. The predicted molar refractivity (Wildman–Crippen MR) is 138 cm³/mol. The molecule has 0 radical (unpaired) electrons. The van der Waals surface area contributed by atoms with Crippen molar-refractivity contribution in [1.82, 2.24) is 25.8 Å². The molecule has 10 heteroatoms. The number of halogens is 2. The molecule has 1 aliphatic rings. The summed E-state index contributed by atoms with van der Waals surface area (Å²) in [6.45, 7) is 4.33. The number of benzene rings is 1. The number of aliphatic imine (C=N–C) groups is 1. The quantitative estimate of drug-likeness (QED) is 0.273. The molecule has 2 N–H and O–H groups in total. The van der Waals surface area contributed by atoms with Gasteiger partial charge in [-0.3, -0.25) is 4.99 Å². The van der Waals surface area contributed by atoms with Crippen LogP contribution in [0.25, 0.3) is 11.4 Å². The highest BCUT2D eigenvalue weighted by atomic mass is 127. The first kappa shape index (κ1) is 24.2. The van der Waals surface area contributed by atoms with Gasteiger partial charge in [0.1, 0.15) is 5.82 Å². The molecule has 0 unspecified atom stereocenters. The summed E-state index contributed by atoms with van der Waals surface area (Å²) in [5, 5.41) is 11.5. The number of nitrogens with one attached hydrogen (secondary N) is 2. The smallest absolute Gasteiger partial charge is 0.246 e. The molecular weight excluding hydrogens is 541 g/mol. The van der Waals surface area contributed by atoms with Crippen molar-refractivity contribution in [1.29, 1.82) is 0 Å². The third kappa shape index (κ3) is 6.32. The number of piperidine rings is 1. The largest absolute Gasteiger partial charge is 0.356 e. The number of hydrogen-bond acceptors (Lipinski definition) is 6. The molecule has 8 nitrogen and oxygen atoms in total. The summed E-state index contributed by atoms with van der Waals surface area (Å²) in [7, 11) is 1.76. The van der Waals surface area contributed by atoms with Gasteiger partial charge in [-0.1, -0.05) is 22.8 Å². The van der Waals surface area contributed by atoms with E-state index in [1.54, 1.807) is 19.2 Å². The third-order valence-corrected chi connectivity index (χ3v) is 5.49. The normalized spacial score (nSPS) is 14.7. The first-order chi connectivity index (χ1) is 15.1. The average Bonchev–Trinajstić information content (AvgIpc) is 3.26. The summed E-state index contributed by atoms with van der Waals surface area (Å²) < 4.78 is 5.35. The van der Waals surface area contributed by atoms with Gasteiger partial charge in [-0.05, 0) is 56.2 Å². The molecule has 3 aromatic rings. The average molecular weight is 568 g/mol. The van der Waals surface area contributed by atoms with Gasteiger partial charge in [0.15, 0.2) is 5.96 Å². The van der Waals surface area contributed by atoms with Crippen molar-refractivity contribution in [3.63, 3.8) is 0 Å². The van der Waals surface area contributed by atoms with Gasteiger partial charge in [0.2, 0.25) is 11.7 Å². The van der Waals surface area contributed by atoms with Crippen LogP contribution in [0.15, 0.2) is 52.0 Å². The van der Waals surface area contributed by atoms with Crippen LogP contribution < -0.4 is 15.5 Å². The van der Waals surface area contributed by atoms with Gasteiger partial charge in [0.25, 0.3) is 0 Å². The van der Waals surface area contributed by atoms with Crippen molar-refractivity contribution in [2.75, 3.05) is 25.0 Å². The molecule has 170 valence electrons. The Hall–Kier alpha value is -2.40. The minimum absolute atomic E-state index is 0. The van der Waals surface area contributed by atoms with Crippen molar-refractivity contribution in [2.24, 2.45) is 4.99 Å². The summed E-state index contributed by atoms with van der Waals surface area (Å²) in [5.41, 5.74) is 1.90. The van der Waals surface area contributed by atoms with Crippen LogP contribution in [0.3, 0.4) is 0 Å². The monoisotopic (exact) mass is 567 g/mol. The number of guanidine groups is 1. The van der Waals surface area contributed by atoms with E-state index in [1.165, 1.54) is 0 Å². The Labute approximate surface area is 209 Å². The molecule has 0 spiro atoms. The summed E-state index contributed by atoms with van der Waals surface area (Å²) >= 11 is 5.93. The van der Waals surface area contributed by atoms with Gasteiger partial charge in [-0.15, -0.1) is 24.0 Å². The zero-order valence-corrected chi connectivity index (χ0v) is 21.2. The zero-order valence-electron chi connectivity index (χ0n) is 18.1. The van der Waals surface area contributed by atoms with Crippen LogP contribution in [-0.2, 0) is 6.54 Å². The summed E-state index contributed by atoms with van der Waals surface area (Å²) in [4.78, 5) is 15.7. The fourth-order valence-electron chi connectivity index (χ4n) is 3.55. The van der Waals surface area contributed by atoms with E-state index in [9.17, 15) is 0 Å². The first-order valence-corrected chi connectivity index (χ1v) is 10.7. The Morgan fingerprint density at radius 1 is 1.16 bits per heavy atom. The number of nitrogens with zero attached hydrogens (tertiary/aromatic N) is 5. The van der Waals surface area contributed by atoms with Gasteiger partial charge in [-0.25, -0.2) is 4.98 Å². The lowest BCUT2D eigenvalue weighted by Gasteiger charge is -2.33. The van der Waals surface area contributed by atoms with E-state index in [1.807, 2.05) is 25.1 Å². The molecule has 0 atom stereocenters. The van der Waals surface area contributed by atoms with E-state index in [0.29, 0.717) is 29.3 Å². The molecule has 0 saturated carbocycles. The predicted octanol–water partition coefficient (Wildman–Crippen LogP) is 4.05. The van der Waals surface area contributed by atoms with E-state index in [0.717, 1.165) is 49.0 Å². The molecule has 4 rings (SSSR count). The zero-order chi connectivity index (χ0) is 21.6. The van der Waals surface area contributed by atoms with Crippen LogP contribution in [0, 0.1) is 6.92 Å². The molecular formula is C22H27ClIN7O. The lowest BCUT2D eigenvalue weighted by atomic mass is 10.1. The number of aromatic nitrogens is 3.